The summed E-state index contributed by atoms with van der Waals surface area (Å²) in [4.78, 5) is 11.4. The van der Waals surface area contributed by atoms with Crippen LogP contribution in [0.1, 0.15) is 26.7 Å². The molecule has 0 saturated heterocycles. The minimum absolute atomic E-state index is 0.318. The first-order valence-electron chi connectivity index (χ1n) is 5.37. The zero-order chi connectivity index (χ0) is 11.8. The molecule has 2 amide bonds. The van der Waals surface area contributed by atoms with Crippen LogP contribution in [0.15, 0.2) is 35.4 Å². The van der Waals surface area contributed by atoms with Gasteiger partial charge in [-0.1, -0.05) is 31.5 Å². The summed E-state index contributed by atoms with van der Waals surface area (Å²) < 4.78 is 0. The van der Waals surface area contributed by atoms with E-state index in [9.17, 15) is 4.79 Å². The van der Waals surface area contributed by atoms with Crippen molar-refractivity contribution in [2.75, 3.05) is 5.32 Å². The normalized spacial score (nSPS) is 11.0. The van der Waals surface area contributed by atoms with E-state index in [0.29, 0.717) is 0 Å². The molecule has 0 aliphatic rings. The molecule has 4 nitrogen and oxygen atoms in total. The van der Waals surface area contributed by atoms with Crippen molar-refractivity contribution in [3.8, 4) is 0 Å². The standard InChI is InChI=1S/C12H17N3O/c1-3-7-10(2)14-15-12(16)13-11-8-5-4-6-9-11/h4-6,8-9H,3,7H2,1-2H3,(H2,13,15,16)/b14-10-. The predicted octanol–water partition coefficient (Wildman–Crippen LogP) is 2.98. The van der Waals surface area contributed by atoms with Crippen molar-refractivity contribution in [1.29, 1.82) is 0 Å². The van der Waals surface area contributed by atoms with Gasteiger partial charge in [0.2, 0.25) is 0 Å². The highest BCUT2D eigenvalue weighted by molar-refractivity contribution is 5.90. The van der Waals surface area contributed by atoms with E-state index >= 15 is 0 Å². The van der Waals surface area contributed by atoms with Crippen LogP contribution in [0.25, 0.3) is 0 Å². The van der Waals surface area contributed by atoms with Gasteiger partial charge in [0.25, 0.3) is 0 Å². The van der Waals surface area contributed by atoms with Gasteiger partial charge in [-0.25, -0.2) is 10.2 Å². The van der Waals surface area contributed by atoms with Crippen LogP contribution in [0.3, 0.4) is 0 Å². The number of carbonyl (C=O) groups excluding carboxylic acids is 1. The lowest BCUT2D eigenvalue weighted by atomic mass is 10.2. The van der Waals surface area contributed by atoms with Crippen molar-refractivity contribution in [2.24, 2.45) is 5.10 Å². The van der Waals surface area contributed by atoms with Gasteiger partial charge in [-0.15, -0.1) is 0 Å². The number of hydrogen-bond acceptors (Lipinski definition) is 2. The van der Waals surface area contributed by atoms with Crippen LogP contribution < -0.4 is 10.7 Å². The third kappa shape index (κ3) is 4.59. The molecule has 0 aliphatic heterocycles. The van der Waals surface area contributed by atoms with Gasteiger partial charge in [0.1, 0.15) is 0 Å². The quantitative estimate of drug-likeness (QED) is 0.593. The van der Waals surface area contributed by atoms with Gasteiger partial charge in [0, 0.05) is 11.4 Å². The molecular weight excluding hydrogens is 202 g/mol. The third-order valence-corrected chi connectivity index (χ3v) is 1.99. The molecule has 16 heavy (non-hydrogen) atoms. The first kappa shape index (κ1) is 12.2. The second-order valence-electron chi connectivity index (χ2n) is 3.53. The summed E-state index contributed by atoms with van der Waals surface area (Å²) in [6.07, 6.45) is 1.92. The Morgan fingerprint density at radius 3 is 2.62 bits per heavy atom. The number of urea groups is 1. The van der Waals surface area contributed by atoms with Crippen LogP contribution in [0.2, 0.25) is 0 Å². The average Bonchev–Trinajstić information content (AvgIpc) is 2.28. The van der Waals surface area contributed by atoms with Gasteiger partial charge in [-0.05, 0) is 25.5 Å². The summed E-state index contributed by atoms with van der Waals surface area (Å²) in [6.45, 7) is 3.97. The Morgan fingerprint density at radius 2 is 2.00 bits per heavy atom. The molecule has 4 heteroatoms. The van der Waals surface area contributed by atoms with Crippen LogP contribution in [-0.2, 0) is 0 Å². The molecule has 0 aromatic heterocycles. The van der Waals surface area contributed by atoms with Crippen molar-refractivity contribution in [2.45, 2.75) is 26.7 Å². The highest BCUT2D eigenvalue weighted by Gasteiger charge is 1.98. The topological polar surface area (TPSA) is 53.5 Å². The van der Waals surface area contributed by atoms with Crippen LogP contribution in [0.4, 0.5) is 10.5 Å². The number of nitrogens with zero attached hydrogens (tertiary/aromatic N) is 1. The molecule has 1 aromatic carbocycles. The number of benzene rings is 1. The molecule has 1 aromatic rings. The number of rotatable bonds is 4. The summed E-state index contributed by atoms with van der Waals surface area (Å²) >= 11 is 0. The molecule has 0 saturated carbocycles. The molecule has 1 rings (SSSR count). The zero-order valence-corrected chi connectivity index (χ0v) is 9.66. The zero-order valence-electron chi connectivity index (χ0n) is 9.66. The second-order valence-corrected chi connectivity index (χ2v) is 3.53. The molecular formula is C12H17N3O. The molecule has 86 valence electrons. The van der Waals surface area contributed by atoms with Crippen LogP contribution in [0.5, 0.6) is 0 Å². The van der Waals surface area contributed by atoms with Gasteiger partial charge < -0.3 is 5.32 Å². The maximum Gasteiger partial charge on any atom is 0.339 e. The monoisotopic (exact) mass is 219 g/mol. The summed E-state index contributed by atoms with van der Waals surface area (Å²) in [6, 6.07) is 8.95. The maximum absolute atomic E-state index is 11.4. The Kier molecular flexibility index (Phi) is 5.05. The van der Waals surface area contributed by atoms with Gasteiger partial charge in [-0.3, -0.25) is 0 Å². The van der Waals surface area contributed by atoms with Crippen LogP contribution in [-0.4, -0.2) is 11.7 Å². The Labute approximate surface area is 95.7 Å². The predicted molar refractivity (Wildman–Crippen MR) is 66.6 cm³/mol. The molecule has 0 heterocycles. The van der Waals surface area contributed by atoms with Gasteiger partial charge >= 0.3 is 6.03 Å². The lowest BCUT2D eigenvalue weighted by molar-refractivity contribution is 0.252. The lowest BCUT2D eigenvalue weighted by Gasteiger charge is -2.04. The van der Waals surface area contributed by atoms with E-state index < -0.39 is 0 Å². The highest BCUT2D eigenvalue weighted by atomic mass is 16.2. The Hall–Kier alpha value is -1.84. The van der Waals surface area contributed by atoms with E-state index in [2.05, 4.69) is 22.8 Å². The second kappa shape index (κ2) is 6.61. The first-order chi connectivity index (χ1) is 7.72. The number of amides is 2. The number of hydrogen-bond donors (Lipinski definition) is 2. The van der Waals surface area contributed by atoms with Crippen molar-refractivity contribution in [1.82, 2.24) is 5.43 Å². The highest BCUT2D eigenvalue weighted by Crippen LogP contribution is 2.03. The molecule has 0 spiro atoms. The molecule has 0 bridgehead atoms. The summed E-state index contributed by atoms with van der Waals surface area (Å²) in [5.41, 5.74) is 4.13. The molecule has 0 atom stereocenters. The van der Waals surface area contributed by atoms with Crippen LogP contribution >= 0.6 is 0 Å². The molecule has 2 N–H and O–H groups in total. The summed E-state index contributed by atoms with van der Waals surface area (Å²) in [5, 5.41) is 6.65. The van der Waals surface area contributed by atoms with E-state index in [-0.39, 0.29) is 6.03 Å². The van der Waals surface area contributed by atoms with E-state index in [0.717, 1.165) is 24.2 Å². The first-order valence-corrected chi connectivity index (χ1v) is 5.37. The fraction of sp³-hybridized carbons (Fsp3) is 0.333. The molecule has 0 aliphatic carbocycles. The number of anilines is 1. The Morgan fingerprint density at radius 1 is 1.31 bits per heavy atom. The number of nitrogens with one attached hydrogen (secondary N) is 2. The van der Waals surface area contributed by atoms with E-state index in [1.807, 2.05) is 37.3 Å². The minimum atomic E-state index is -0.318. The number of para-hydroxylation sites is 1. The average molecular weight is 219 g/mol. The number of hydrazone groups is 1. The maximum atomic E-state index is 11.4. The molecule has 0 unspecified atom stereocenters. The molecule has 0 fully saturated rings. The summed E-state index contributed by atoms with van der Waals surface area (Å²) in [7, 11) is 0. The Bertz CT molecular complexity index is 360. The van der Waals surface area contributed by atoms with E-state index in [1.165, 1.54) is 0 Å². The van der Waals surface area contributed by atoms with Crippen molar-refractivity contribution in [3.05, 3.63) is 30.3 Å². The minimum Gasteiger partial charge on any atom is -0.307 e. The van der Waals surface area contributed by atoms with Crippen molar-refractivity contribution in [3.63, 3.8) is 0 Å². The lowest BCUT2D eigenvalue weighted by Crippen LogP contribution is -2.25. The third-order valence-electron chi connectivity index (χ3n) is 1.99. The van der Waals surface area contributed by atoms with Crippen molar-refractivity contribution < 1.29 is 4.79 Å². The number of carbonyl (C=O) groups is 1. The fourth-order valence-electron chi connectivity index (χ4n) is 1.24. The molecule has 0 radical (unpaired) electrons. The van der Waals surface area contributed by atoms with Crippen LogP contribution in [0, 0.1) is 0 Å². The fourth-order valence-corrected chi connectivity index (χ4v) is 1.24. The van der Waals surface area contributed by atoms with Crippen molar-refractivity contribution >= 4 is 17.4 Å². The smallest absolute Gasteiger partial charge is 0.307 e. The Balaban J connectivity index is 2.40. The van der Waals surface area contributed by atoms with Gasteiger partial charge in [0.05, 0.1) is 0 Å². The van der Waals surface area contributed by atoms with Gasteiger partial charge in [-0.2, -0.15) is 5.10 Å². The van der Waals surface area contributed by atoms with E-state index in [4.69, 9.17) is 0 Å². The summed E-state index contributed by atoms with van der Waals surface area (Å²) in [5.74, 6) is 0. The largest absolute Gasteiger partial charge is 0.339 e. The van der Waals surface area contributed by atoms with Gasteiger partial charge in [0.15, 0.2) is 0 Å². The SMILES string of the molecule is CCC/C(C)=N\NC(=O)Nc1ccccc1. The van der Waals surface area contributed by atoms with E-state index in [1.54, 1.807) is 0 Å².